The standard InChI is InChI=1S/C22H31N3OS/c1-4-24(5-2)14-15-25-20-9-7-6-8-19(20)21(23-22(25)26)27-16-18-12-10-17(3)11-13-18/h10-13H,4-9,14-16H2,1-3H3. The normalized spacial score (nSPS) is 13.8. The first-order valence-corrected chi connectivity index (χ1v) is 11.1. The van der Waals surface area contributed by atoms with Gasteiger partial charge in [0.1, 0.15) is 5.03 Å². The van der Waals surface area contributed by atoms with E-state index in [1.54, 1.807) is 11.8 Å². The first-order valence-electron chi connectivity index (χ1n) is 10.2. The quantitative estimate of drug-likeness (QED) is 0.507. The average Bonchev–Trinajstić information content (AvgIpc) is 2.69. The average molecular weight is 386 g/mol. The van der Waals surface area contributed by atoms with E-state index in [2.05, 4.69) is 54.9 Å². The third-order valence-electron chi connectivity index (χ3n) is 5.48. The molecule has 0 bridgehead atoms. The molecule has 0 saturated carbocycles. The molecule has 0 saturated heterocycles. The van der Waals surface area contributed by atoms with Crippen molar-refractivity contribution in [2.45, 2.75) is 63.8 Å². The van der Waals surface area contributed by atoms with E-state index in [0.717, 1.165) is 49.8 Å². The molecule has 0 unspecified atom stereocenters. The molecule has 4 nitrogen and oxygen atoms in total. The van der Waals surface area contributed by atoms with E-state index in [9.17, 15) is 4.79 Å². The third kappa shape index (κ3) is 5.02. The SMILES string of the molecule is CCN(CC)CCn1c2c(c(SCc3ccc(C)cc3)nc1=O)CCCC2. The van der Waals surface area contributed by atoms with E-state index >= 15 is 0 Å². The lowest BCUT2D eigenvalue weighted by molar-refractivity contribution is 0.285. The van der Waals surface area contributed by atoms with Gasteiger partial charge in [0, 0.05) is 30.1 Å². The molecule has 1 aromatic heterocycles. The molecular formula is C22H31N3OS. The summed E-state index contributed by atoms with van der Waals surface area (Å²) in [6, 6.07) is 8.62. The zero-order valence-electron chi connectivity index (χ0n) is 16.8. The Balaban J connectivity index is 1.82. The fourth-order valence-electron chi connectivity index (χ4n) is 3.72. The molecule has 0 N–H and O–H groups in total. The molecule has 1 aliphatic carbocycles. The number of hydrogen-bond acceptors (Lipinski definition) is 4. The molecule has 0 fully saturated rings. The smallest absolute Gasteiger partial charge is 0.302 e. The Bertz CT molecular complexity index is 810. The van der Waals surface area contributed by atoms with Crippen LogP contribution in [0, 0.1) is 6.92 Å². The molecule has 2 aromatic rings. The number of benzene rings is 1. The monoisotopic (exact) mass is 385 g/mol. The van der Waals surface area contributed by atoms with Gasteiger partial charge in [-0.1, -0.05) is 43.7 Å². The first-order chi connectivity index (χ1) is 13.1. The summed E-state index contributed by atoms with van der Waals surface area (Å²) >= 11 is 1.72. The minimum absolute atomic E-state index is 0.0748. The van der Waals surface area contributed by atoms with Gasteiger partial charge in [-0.2, -0.15) is 4.98 Å². The summed E-state index contributed by atoms with van der Waals surface area (Å²) < 4.78 is 1.95. The van der Waals surface area contributed by atoms with Crippen molar-refractivity contribution in [3.8, 4) is 0 Å². The van der Waals surface area contributed by atoms with Crippen LogP contribution in [-0.2, 0) is 25.1 Å². The van der Waals surface area contributed by atoms with Crippen molar-refractivity contribution in [3.63, 3.8) is 0 Å². The van der Waals surface area contributed by atoms with Crippen LogP contribution in [0.3, 0.4) is 0 Å². The van der Waals surface area contributed by atoms with E-state index in [1.165, 1.54) is 35.2 Å². The molecule has 5 heteroatoms. The number of aromatic nitrogens is 2. The summed E-state index contributed by atoms with van der Waals surface area (Å²) in [5.41, 5.74) is 5.03. The number of thioether (sulfide) groups is 1. The number of rotatable bonds is 8. The van der Waals surface area contributed by atoms with Crippen molar-refractivity contribution in [1.82, 2.24) is 14.5 Å². The van der Waals surface area contributed by atoms with Gasteiger partial charge >= 0.3 is 5.69 Å². The van der Waals surface area contributed by atoms with Crippen LogP contribution in [0.25, 0.3) is 0 Å². The largest absolute Gasteiger partial charge is 0.348 e. The predicted octanol–water partition coefficient (Wildman–Crippen LogP) is 4.06. The topological polar surface area (TPSA) is 38.1 Å². The number of likely N-dealkylation sites (N-methyl/N-ethyl adjacent to an activating group) is 1. The molecule has 146 valence electrons. The lowest BCUT2D eigenvalue weighted by Crippen LogP contribution is -2.35. The van der Waals surface area contributed by atoms with Gasteiger partial charge in [-0.25, -0.2) is 4.79 Å². The molecule has 3 rings (SSSR count). The molecular weight excluding hydrogens is 354 g/mol. The predicted molar refractivity (Wildman–Crippen MR) is 114 cm³/mol. The van der Waals surface area contributed by atoms with Gasteiger partial charge < -0.3 is 4.90 Å². The van der Waals surface area contributed by atoms with Crippen molar-refractivity contribution < 1.29 is 0 Å². The van der Waals surface area contributed by atoms with Crippen molar-refractivity contribution in [2.75, 3.05) is 19.6 Å². The lowest BCUT2D eigenvalue weighted by atomic mass is 9.97. The van der Waals surface area contributed by atoms with Crippen LogP contribution in [0.1, 0.15) is 49.1 Å². The van der Waals surface area contributed by atoms with Gasteiger partial charge in [-0.15, -0.1) is 11.8 Å². The van der Waals surface area contributed by atoms with Gasteiger partial charge in [0.25, 0.3) is 0 Å². The van der Waals surface area contributed by atoms with Crippen LogP contribution in [-0.4, -0.2) is 34.1 Å². The van der Waals surface area contributed by atoms with Crippen LogP contribution in [0.4, 0.5) is 0 Å². The minimum Gasteiger partial charge on any atom is -0.302 e. The van der Waals surface area contributed by atoms with Crippen LogP contribution < -0.4 is 5.69 Å². The fourth-order valence-corrected chi connectivity index (χ4v) is 4.75. The second-order valence-electron chi connectivity index (χ2n) is 7.28. The molecule has 1 aliphatic rings. The molecule has 0 spiro atoms. The number of fused-ring (bicyclic) bond motifs is 1. The third-order valence-corrected chi connectivity index (χ3v) is 6.57. The summed E-state index contributed by atoms with van der Waals surface area (Å²) in [4.78, 5) is 19.6. The molecule has 0 radical (unpaired) electrons. The van der Waals surface area contributed by atoms with E-state index in [1.807, 2.05) is 4.57 Å². The maximum Gasteiger partial charge on any atom is 0.348 e. The second kappa shape index (κ2) is 9.56. The molecule has 0 aliphatic heterocycles. The summed E-state index contributed by atoms with van der Waals surface area (Å²) in [5, 5.41) is 0.953. The summed E-state index contributed by atoms with van der Waals surface area (Å²) in [7, 11) is 0. The lowest BCUT2D eigenvalue weighted by Gasteiger charge is -2.25. The molecule has 0 atom stereocenters. The Kier molecular flexibility index (Phi) is 7.13. The maximum absolute atomic E-state index is 12.8. The Labute approximate surface area is 167 Å². The van der Waals surface area contributed by atoms with Gasteiger partial charge in [0.2, 0.25) is 0 Å². The summed E-state index contributed by atoms with van der Waals surface area (Å²) in [5.74, 6) is 0.864. The van der Waals surface area contributed by atoms with Crippen LogP contribution in [0.5, 0.6) is 0 Å². The molecule has 27 heavy (non-hydrogen) atoms. The zero-order chi connectivity index (χ0) is 19.2. The molecule has 1 aromatic carbocycles. The first kappa shape index (κ1) is 20.2. The van der Waals surface area contributed by atoms with E-state index in [4.69, 9.17) is 0 Å². The number of nitrogens with zero attached hydrogens (tertiary/aromatic N) is 3. The Hall–Kier alpha value is -1.59. The molecule has 0 amide bonds. The van der Waals surface area contributed by atoms with Crippen LogP contribution in [0.15, 0.2) is 34.1 Å². The Morgan fingerprint density at radius 1 is 1.11 bits per heavy atom. The Morgan fingerprint density at radius 3 is 2.52 bits per heavy atom. The van der Waals surface area contributed by atoms with Gasteiger partial charge in [-0.3, -0.25) is 4.57 Å². The van der Waals surface area contributed by atoms with Crippen LogP contribution in [0.2, 0.25) is 0 Å². The summed E-state index contributed by atoms with van der Waals surface area (Å²) in [6.45, 7) is 10.1. The van der Waals surface area contributed by atoms with Crippen molar-refractivity contribution >= 4 is 11.8 Å². The van der Waals surface area contributed by atoms with E-state index < -0.39 is 0 Å². The van der Waals surface area contributed by atoms with Crippen molar-refractivity contribution in [2.24, 2.45) is 0 Å². The van der Waals surface area contributed by atoms with Gasteiger partial charge in [0.15, 0.2) is 0 Å². The van der Waals surface area contributed by atoms with E-state index in [0.29, 0.717) is 0 Å². The van der Waals surface area contributed by atoms with E-state index in [-0.39, 0.29) is 5.69 Å². The van der Waals surface area contributed by atoms with Crippen molar-refractivity contribution in [1.29, 1.82) is 0 Å². The van der Waals surface area contributed by atoms with Crippen LogP contribution >= 0.6 is 11.8 Å². The minimum atomic E-state index is -0.0748. The maximum atomic E-state index is 12.8. The number of hydrogen-bond donors (Lipinski definition) is 0. The second-order valence-corrected chi connectivity index (χ2v) is 8.25. The highest BCUT2D eigenvalue weighted by Crippen LogP contribution is 2.30. The van der Waals surface area contributed by atoms with Gasteiger partial charge in [0.05, 0.1) is 0 Å². The molecule has 1 heterocycles. The highest BCUT2D eigenvalue weighted by Gasteiger charge is 2.20. The zero-order valence-corrected chi connectivity index (χ0v) is 17.6. The van der Waals surface area contributed by atoms with Gasteiger partial charge in [-0.05, 0) is 51.3 Å². The van der Waals surface area contributed by atoms with Crippen molar-refractivity contribution in [3.05, 3.63) is 57.1 Å². The highest BCUT2D eigenvalue weighted by molar-refractivity contribution is 7.98. The highest BCUT2D eigenvalue weighted by atomic mass is 32.2. The summed E-state index contributed by atoms with van der Waals surface area (Å²) in [6.07, 6.45) is 4.42. The Morgan fingerprint density at radius 2 is 1.81 bits per heavy atom. The number of aryl methyl sites for hydroxylation is 1. The fraction of sp³-hybridized carbons (Fsp3) is 0.545.